The lowest BCUT2D eigenvalue weighted by atomic mass is 10.1. The van der Waals surface area contributed by atoms with E-state index in [9.17, 15) is 4.79 Å². The van der Waals surface area contributed by atoms with Gasteiger partial charge in [-0.1, -0.05) is 37.3 Å². The summed E-state index contributed by atoms with van der Waals surface area (Å²) < 4.78 is 0. The quantitative estimate of drug-likeness (QED) is 0.664. The monoisotopic (exact) mass is 258 g/mol. The maximum atomic E-state index is 11.6. The Bertz CT molecular complexity index is 529. The Balaban J connectivity index is 1.93. The summed E-state index contributed by atoms with van der Waals surface area (Å²) in [5, 5.41) is 5.80. The van der Waals surface area contributed by atoms with Crippen LogP contribution in [0.3, 0.4) is 0 Å². The van der Waals surface area contributed by atoms with Crippen molar-refractivity contribution >= 4 is 23.5 Å². The first-order valence-corrected chi connectivity index (χ1v) is 6.63. The van der Waals surface area contributed by atoms with E-state index in [0.717, 1.165) is 12.0 Å². The van der Waals surface area contributed by atoms with Crippen molar-refractivity contribution < 1.29 is 4.79 Å². The molecular formula is C14H14N2OS. The molecule has 0 fully saturated rings. The molecule has 1 N–H and O–H groups in total. The molecule has 0 saturated carbocycles. The van der Waals surface area contributed by atoms with Gasteiger partial charge in [0.15, 0.2) is 0 Å². The highest BCUT2D eigenvalue weighted by molar-refractivity contribution is 7.12. The number of amides is 1. The van der Waals surface area contributed by atoms with E-state index in [4.69, 9.17) is 0 Å². The summed E-state index contributed by atoms with van der Waals surface area (Å²) in [4.78, 5) is 12.2. The summed E-state index contributed by atoms with van der Waals surface area (Å²) in [6.45, 7) is 2.12. The summed E-state index contributed by atoms with van der Waals surface area (Å²) in [5.41, 5.74) is 4.76. The number of hydrazone groups is 1. The van der Waals surface area contributed by atoms with E-state index in [1.807, 2.05) is 23.6 Å². The Morgan fingerprint density at radius 3 is 2.72 bits per heavy atom. The van der Waals surface area contributed by atoms with Crippen LogP contribution in [0.25, 0.3) is 0 Å². The minimum absolute atomic E-state index is 0.175. The Hall–Kier alpha value is -1.94. The Kier molecular flexibility index (Phi) is 4.25. The van der Waals surface area contributed by atoms with Crippen molar-refractivity contribution in [3.05, 3.63) is 57.8 Å². The van der Waals surface area contributed by atoms with E-state index in [1.165, 1.54) is 16.9 Å². The van der Waals surface area contributed by atoms with E-state index in [1.54, 1.807) is 12.3 Å². The number of thiophene rings is 1. The molecule has 0 atom stereocenters. The summed E-state index contributed by atoms with van der Waals surface area (Å²) in [7, 11) is 0. The van der Waals surface area contributed by atoms with Gasteiger partial charge in [0, 0.05) is 0 Å². The predicted octanol–water partition coefficient (Wildman–Crippen LogP) is 3.07. The average molecular weight is 258 g/mol. The second kappa shape index (κ2) is 6.12. The number of rotatable bonds is 4. The van der Waals surface area contributed by atoms with E-state index in [-0.39, 0.29) is 5.91 Å². The highest BCUT2D eigenvalue weighted by atomic mass is 32.1. The fraction of sp³-hybridized carbons (Fsp3) is 0.143. The topological polar surface area (TPSA) is 41.5 Å². The maximum Gasteiger partial charge on any atom is 0.281 e. The molecule has 2 aromatic rings. The lowest BCUT2D eigenvalue weighted by Gasteiger charge is -1.98. The Labute approximate surface area is 110 Å². The molecule has 1 aromatic heterocycles. The maximum absolute atomic E-state index is 11.6. The number of carbonyl (C=O) groups is 1. The largest absolute Gasteiger partial charge is 0.281 e. The molecule has 4 heteroatoms. The first kappa shape index (κ1) is 12.5. The number of hydrogen-bond acceptors (Lipinski definition) is 3. The summed E-state index contributed by atoms with van der Waals surface area (Å²) in [5.74, 6) is -0.175. The van der Waals surface area contributed by atoms with E-state index in [0.29, 0.717) is 4.88 Å². The molecule has 0 aliphatic rings. The van der Waals surface area contributed by atoms with Crippen molar-refractivity contribution in [1.29, 1.82) is 0 Å². The van der Waals surface area contributed by atoms with Crippen LogP contribution < -0.4 is 5.43 Å². The van der Waals surface area contributed by atoms with Crippen LogP contribution >= 0.6 is 11.3 Å². The fourth-order valence-electron chi connectivity index (χ4n) is 1.47. The Morgan fingerprint density at radius 1 is 1.33 bits per heavy atom. The van der Waals surface area contributed by atoms with Crippen LogP contribution in [0.15, 0.2) is 46.9 Å². The first-order valence-electron chi connectivity index (χ1n) is 5.75. The minimum Gasteiger partial charge on any atom is -0.266 e. The van der Waals surface area contributed by atoms with Crippen LogP contribution in [0.2, 0.25) is 0 Å². The molecule has 92 valence electrons. The highest BCUT2D eigenvalue weighted by Gasteiger charge is 2.03. The molecule has 1 heterocycles. The lowest BCUT2D eigenvalue weighted by molar-refractivity contribution is 0.0959. The number of nitrogens with one attached hydrogen (secondary N) is 1. The van der Waals surface area contributed by atoms with Crippen LogP contribution in [0.4, 0.5) is 0 Å². The minimum atomic E-state index is -0.175. The highest BCUT2D eigenvalue weighted by Crippen LogP contribution is 2.07. The molecule has 3 nitrogen and oxygen atoms in total. The van der Waals surface area contributed by atoms with Crippen LogP contribution in [-0.4, -0.2) is 12.1 Å². The van der Waals surface area contributed by atoms with Crippen LogP contribution in [-0.2, 0) is 6.42 Å². The zero-order valence-corrected chi connectivity index (χ0v) is 10.9. The molecule has 0 aliphatic heterocycles. The molecule has 0 radical (unpaired) electrons. The molecule has 0 spiro atoms. The van der Waals surface area contributed by atoms with E-state index < -0.39 is 0 Å². The molecule has 0 aliphatic carbocycles. The summed E-state index contributed by atoms with van der Waals surface area (Å²) >= 11 is 1.40. The van der Waals surface area contributed by atoms with Gasteiger partial charge in [0.05, 0.1) is 11.1 Å². The van der Waals surface area contributed by atoms with Crippen LogP contribution in [0.1, 0.15) is 27.7 Å². The van der Waals surface area contributed by atoms with Crippen molar-refractivity contribution in [2.75, 3.05) is 0 Å². The molecule has 2 rings (SSSR count). The Morgan fingerprint density at radius 2 is 2.11 bits per heavy atom. The number of benzene rings is 1. The first-order chi connectivity index (χ1) is 8.79. The van der Waals surface area contributed by atoms with Gasteiger partial charge < -0.3 is 0 Å². The third-order valence-corrected chi connectivity index (χ3v) is 3.38. The third-order valence-electron chi connectivity index (χ3n) is 2.51. The molecule has 18 heavy (non-hydrogen) atoms. The van der Waals surface area contributed by atoms with Gasteiger partial charge in [-0.15, -0.1) is 11.3 Å². The molecular weight excluding hydrogens is 244 g/mol. The summed E-state index contributed by atoms with van der Waals surface area (Å²) in [6, 6.07) is 11.7. The van der Waals surface area contributed by atoms with Crippen LogP contribution in [0, 0.1) is 0 Å². The van der Waals surface area contributed by atoms with Gasteiger partial charge in [-0.05, 0) is 29.0 Å². The van der Waals surface area contributed by atoms with Gasteiger partial charge in [0.2, 0.25) is 0 Å². The zero-order chi connectivity index (χ0) is 12.8. The summed E-state index contributed by atoms with van der Waals surface area (Å²) in [6.07, 6.45) is 2.66. The van der Waals surface area contributed by atoms with Gasteiger partial charge in [0.25, 0.3) is 5.91 Å². The number of aryl methyl sites for hydroxylation is 1. The van der Waals surface area contributed by atoms with Crippen molar-refractivity contribution in [1.82, 2.24) is 5.43 Å². The van der Waals surface area contributed by atoms with E-state index >= 15 is 0 Å². The smallest absolute Gasteiger partial charge is 0.266 e. The third kappa shape index (κ3) is 3.28. The van der Waals surface area contributed by atoms with Crippen molar-refractivity contribution in [2.24, 2.45) is 5.10 Å². The van der Waals surface area contributed by atoms with Gasteiger partial charge in [0.1, 0.15) is 0 Å². The van der Waals surface area contributed by atoms with Crippen LogP contribution in [0.5, 0.6) is 0 Å². The average Bonchev–Trinajstić information content (AvgIpc) is 2.93. The van der Waals surface area contributed by atoms with Crippen molar-refractivity contribution in [2.45, 2.75) is 13.3 Å². The zero-order valence-electron chi connectivity index (χ0n) is 10.1. The van der Waals surface area contributed by atoms with Gasteiger partial charge >= 0.3 is 0 Å². The second-order valence-corrected chi connectivity index (χ2v) is 4.72. The molecule has 0 bridgehead atoms. The fourth-order valence-corrected chi connectivity index (χ4v) is 2.08. The van der Waals surface area contributed by atoms with Gasteiger partial charge in [-0.2, -0.15) is 5.10 Å². The number of hydrogen-bond donors (Lipinski definition) is 1. The number of carbonyl (C=O) groups excluding carboxylic acids is 1. The van der Waals surface area contributed by atoms with Gasteiger partial charge in [-0.3, -0.25) is 4.79 Å². The van der Waals surface area contributed by atoms with Crippen molar-refractivity contribution in [3.8, 4) is 0 Å². The second-order valence-electron chi connectivity index (χ2n) is 3.77. The van der Waals surface area contributed by atoms with Crippen molar-refractivity contribution in [3.63, 3.8) is 0 Å². The lowest BCUT2D eigenvalue weighted by Crippen LogP contribution is -2.16. The van der Waals surface area contributed by atoms with Gasteiger partial charge in [-0.25, -0.2) is 5.43 Å². The SMILES string of the molecule is CCc1ccc(C=NNC(=O)c2cccs2)cc1. The molecule has 1 amide bonds. The molecule has 0 unspecified atom stereocenters. The normalized spacial score (nSPS) is 10.7. The molecule has 1 aromatic carbocycles. The standard InChI is InChI=1S/C14H14N2OS/c1-2-11-5-7-12(8-6-11)10-15-16-14(17)13-4-3-9-18-13/h3-10H,2H2,1H3,(H,16,17). The molecule has 0 saturated heterocycles. The number of nitrogens with zero attached hydrogens (tertiary/aromatic N) is 1. The van der Waals surface area contributed by atoms with E-state index in [2.05, 4.69) is 29.6 Å². The predicted molar refractivity (Wildman–Crippen MR) is 75.2 cm³/mol.